The van der Waals surface area contributed by atoms with Gasteiger partial charge >= 0.3 is 12.3 Å². The van der Waals surface area contributed by atoms with Gasteiger partial charge in [-0.05, 0) is 30.7 Å². The molecular weight excluding hydrogens is 297 g/mol. The molecule has 4 nitrogen and oxygen atoms in total. The third kappa shape index (κ3) is 3.75. The lowest BCUT2D eigenvalue weighted by Crippen LogP contribution is -2.29. The van der Waals surface area contributed by atoms with Crippen LogP contribution in [0.5, 0.6) is 5.88 Å². The topological polar surface area (TPSA) is 42.4 Å². The van der Waals surface area contributed by atoms with Crippen molar-refractivity contribution >= 4 is 11.8 Å². The summed E-state index contributed by atoms with van der Waals surface area (Å²) in [6.45, 7) is 1.86. The van der Waals surface area contributed by atoms with Crippen LogP contribution in [0, 0.1) is 6.92 Å². The molecule has 22 heavy (non-hydrogen) atoms. The van der Waals surface area contributed by atoms with Crippen LogP contribution >= 0.6 is 0 Å². The second-order valence-electron chi connectivity index (χ2n) is 4.65. The first-order valence-electron chi connectivity index (χ1n) is 6.33. The van der Waals surface area contributed by atoms with E-state index in [0.29, 0.717) is 11.8 Å². The average Bonchev–Trinajstić information content (AvgIpc) is 2.46. The number of pyridine rings is 1. The summed E-state index contributed by atoms with van der Waals surface area (Å²) in [7, 11) is 1.46. The molecule has 0 aliphatic rings. The normalized spacial score (nSPS) is 11.1. The number of benzene rings is 1. The number of hydrogen-bond acceptors (Lipinski definition) is 3. The predicted molar refractivity (Wildman–Crippen MR) is 74.8 cm³/mol. The third-order valence-electron chi connectivity index (χ3n) is 2.92. The van der Waals surface area contributed by atoms with Crippen LogP contribution in [0.4, 0.5) is 23.7 Å². The molecule has 0 fully saturated rings. The minimum atomic E-state index is -4.52. The van der Waals surface area contributed by atoms with Crippen molar-refractivity contribution in [1.82, 2.24) is 4.98 Å². The average molecular weight is 310 g/mol. The first kappa shape index (κ1) is 15.8. The Kier molecular flexibility index (Phi) is 4.35. The molecule has 0 bridgehead atoms. The van der Waals surface area contributed by atoms with E-state index in [-0.39, 0.29) is 0 Å². The largest absolute Gasteiger partial charge is 0.420 e. The van der Waals surface area contributed by atoms with Gasteiger partial charge in [0.1, 0.15) is 0 Å². The van der Waals surface area contributed by atoms with Crippen molar-refractivity contribution in [3.63, 3.8) is 0 Å². The van der Waals surface area contributed by atoms with Crippen LogP contribution in [0.2, 0.25) is 0 Å². The Hall–Kier alpha value is -2.57. The Bertz CT molecular complexity index is 686. The summed E-state index contributed by atoms with van der Waals surface area (Å²) in [6, 6.07) is 8.55. The van der Waals surface area contributed by atoms with Crippen LogP contribution in [0.15, 0.2) is 42.6 Å². The first-order chi connectivity index (χ1) is 10.3. The monoisotopic (exact) mass is 310 g/mol. The lowest BCUT2D eigenvalue weighted by atomic mass is 10.2. The summed E-state index contributed by atoms with van der Waals surface area (Å²) in [5.41, 5.74) is 0.579. The number of nitrogens with zero attached hydrogens (tertiary/aromatic N) is 2. The van der Waals surface area contributed by atoms with Crippen molar-refractivity contribution in [2.24, 2.45) is 0 Å². The maximum atomic E-state index is 12.6. The van der Waals surface area contributed by atoms with E-state index >= 15 is 0 Å². The van der Waals surface area contributed by atoms with Crippen molar-refractivity contribution in [3.8, 4) is 5.88 Å². The van der Waals surface area contributed by atoms with E-state index < -0.39 is 23.7 Å². The third-order valence-corrected chi connectivity index (χ3v) is 2.92. The Balaban J connectivity index is 2.15. The molecule has 0 N–H and O–H groups in total. The molecule has 1 amide bonds. The zero-order valence-corrected chi connectivity index (χ0v) is 11.9. The fourth-order valence-corrected chi connectivity index (χ4v) is 1.74. The Morgan fingerprint density at radius 1 is 1.23 bits per heavy atom. The molecule has 0 radical (unpaired) electrons. The minimum Gasteiger partial charge on any atom is -0.391 e. The number of rotatable bonds is 2. The first-order valence-corrected chi connectivity index (χ1v) is 6.33. The fourth-order valence-electron chi connectivity index (χ4n) is 1.74. The number of aromatic nitrogens is 1. The highest BCUT2D eigenvalue weighted by Gasteiger charge is 2.31. The molecule has 0 aliphatic heterocycles. The summed E-state index contributed by atoms with van der Waals surface area (Å²) < 4.78 is 42.7. The molecule has 116 valence electrons. The van der Waals surface area contributed by atoms with E-state index in [0.717, 1.165) is 17.8 Å². The van der Waals surface area contributed by atoms with Crippen LogP contribution in [0.25, 0.3) is 0 Å². The van der Waals surface area contributed by atoms with E-state index in [1.807, 2.05) is 13.0 Å². The van der Waals surface area contributed by atoms with Gasteiger partial charge in [-0.2, -0.15) is 13.2 Å². The molecule has 1 heterocycles. The molecule has 0 aliphatic carbocycles. The number of amides is 1. The molecule has 0 unspecified atom stereocenters. The van der Waals surface area contributed by atoms with Crippen LogP contribution in [-0.4, -0.2) is 18.1 Å². The number of carbonyl (C=O) groups is 1. The van der Waals surface area contributed by atoms with Gasteiger partial charge in [0.05, 0.1) is 5.56 Å². The molecule has 1 aromatic carbocycles. The second-order valence-corrected chi connectivity index (χ2v) is 4.65. The van der Waals surface area contributed by atoms with Crippen LogP contribution in [0.1, 0.15) is 11.1 Å². The molecule has 2 rings (SSSR count). The summed E-state index contributed by atoms with van der Waals surface area (Å²) >= 11 is 0. The van der Waals surface area contributed by atoms with E-state index in [2.05, 4.69) is 4.98 Å². The molecule has 2 aromatic rings. The van der Waals surface area contributed by atoms with Gasteiger partial charge in [-0.3, -0.25) is 4.90 Å². The van der Waals surface area contributed by atoms with Crippen LogP contribution in [-0.2, 0) is 6.18 Å². The SMILES string of the molecule is Cc1cccc(N(C)C(=O)Oc2cc(C(F)(F)F)ccn2)c1. The zero-order chi connectivity index (χ0) is 16.3. The van der Waals surface area contributed by atoms with Gasteiger partial charge in [0.2, 0.25) is 5.88 Å². The molecule has 0 atom stereocenters. The van der Waals surface area contributed by atoms with Gasteiger partial charge in [0, 0.05) is 25.0 Å². The Labute approximate surface area is 125 Å². The molecule has 1 aromatic heterocycles. The summed E-state index contributed by atoms with van der Waals surface area (Å²) in [5.74, 6) is -0.403. The number of carbonyl (C=O) groups excluding carboxylic acids is 1. The van der Waals surface area contributed by atoms with E-state index in [9.17, 15) is 18.0 Å². The predicted octanol–water partition coefficient (Wildman–Crippen LogP) is 4.04. The number of halogens is 3. The number of alkyl halides is 3. The molecular formula is C15H13F3N2O2. The van der Waals surface area contributed by atoms with Gasteiger partial charge in [0.15, 0.2) is 0 Å². The van der Waals surface area contributed by atoms with Gasteiger partial charge in [0.25, 0.3) is 0 Å². The smallest absolute Gasteiger partial charge is 0.391 e. The molecule has 7 heteroatoms. The summed E-state index contributed by atoms with van der Waals surface area (Å²) in [5, 5.41) is 0. The molecule has 0 saturated heterocycles. The second kappa shape index (κ2) is 6.05. The summed E-state index contributed by atoms with van der Waals surface area (Å²) in [4.78, 5) is 16.8. The standard InChI is InChI=1S/C15H13F3N2O2/c1-10-4-3-5-12(8-10)20(2)14(21)22-13-9-11(6-7-19-13)15(16,17)18/h3-9H,1-2H3. The van der Waals surface area contributed by atoms with Crippen molar-refractivity contribution in [3.05, 3.63) is 53.7 Å². The van der Waals surface area contributed by atoms with Crippen molar-refractivity contribution in [2.45, 2.75) is 13.1 Å². The number of anilines is 1. The van der Waals surface area contributed by atoms with Gasteiger partial charge in [-0.25, -0.2) is 9.78 Å². The lowest BCUT2D eigenvalue weighted by molar-refractivity contribution is -0.137. The van der Waals surface area contributed by atoms with Crippen LogP contribution in [0.3, 0.4) is 0 Å². The number of hydrogen-bond donors (Lipinski definition) is 0. The highest BCUT2D eigenvalue weighted by Crippen LogP contribution is 2.30. The summed E-state index contributed by atoms with van der Waals surface area (Å²) in [6.07, 6.45) is -4.40. The van der Waals surface area contributed by atoms with Crippen molar-refractivity contribution in [1.29, 1.82) is 0 Å². The van der Waals surface area contributed by atoms with Gasteiger partial charge in [-0.15, -0.1) is 0 Å². The molecule has 0 saturated carbocycles. The van der Waals surface area contributed by atoms with Crippen molar-refractivity contribution < 1.29 is 22.7 Å². The maximum absolute atomic E-state index is 12.6. The van der Waals surface area contributed by atoms with Gasteiger partial charge < -0.3 is 4.74 Å². The van der Waals surface area contributed by atoms with Crippen molar-refractivity contribution in [2.75, 3.05) is 11.9 Å². The Morgan fingerprint density at radius 2 is 1.95 bits per heavy atom. The maximum Gasteiger partial charge on any atom is 0.420 e. The lowest BCUT2D eigenvalue weighted by Gasteiger charge is -2.17. The Morgan fingerprint density at radius 3 is 2.59 bits per heavy atom. The highest BCUT2D eigenvalue weighted by molar-refractivity contribution is 5.88. The zero-order valence-electron chi connectivity index (χ0n) is 11.9. The van der Waals surface area contributed by atoms with Crippen LogP contribution < -0.4 is 9.64 Å². The molecule has 0 spiro atoms. The number of ether oxygens (including phenoxy) is 1. The van der Waals surface area contributed by atoms with E-state index in [4.69, 9.17) is 4.74 Å². The van der Waals surface area contributed by atoms with Gasteiger partial charge in [-0.1, -0.05) is 12.1 Å². The van der Waals surface area contributed by atoms with E-state index in [1.165, 1.54) is 11.9 Å². The minimum absolute atomic E-state index is 0.403. The highest BCUT2D eigenvalue weighted by atomic mass is 19.4. The fraction of sp³-hybridized carbons (Fsp3) is 0.200. The van der Waals surface area contributed by atoms with E-state index in [1.54, 1.807) is 18.2 Å². The number of aryl methyl sites for hydroxylation is 1. The quantitative estimate of drug-likeness (QED) is 0.840.